The van der Waals surface area contributed by atoms with Gasteiger partial charge in [0.05, 0.1) is 0 Å². The molecule has 0 fully saturated rings. The molecule has 0 bridgehead atoms. The van der Waals surface area contributed by atoms with Gasteiger partial charge in [0, 0.05) is 6.42 Å². The molecule has 2 N–H and O–H groups in total. The second kappa shape index (κ2) is 7.58. The first kappa shape index (κ1) is 16.9. The van der Waals surface area contributed by atoms with E-state index >= 15 is 0 Å². The summed E-state index contributed by atoms with van der Waals surface area (Å²) in [5, 5.41) is 3.58. The first-order valence-corrected chi connectivity index (χ1v) is 6.46. The van der Waals surface area contributed by atoms with Crippen molar-refractivity contribution in [3.63, 3.8) is 0 Å². The number of alkyl halides is 3. The molecule has 1 aromatic rings. The number of aromatic nitrogens is 2. The van der Waals surface area contributed by atoms with Crippen molar-refractivity contribution in [2.24, 2.45) is 17.6 Å². The van der Waals surface area contributed by atoms with Crippen LogP contribution >= 0.6 is 0 Å². The van der Waals surface area contributed by atoms with Gasteiger partial charge in [0.2, 0.25) is 5.89 Å². The Morgan fingerprint density at radius 3 is 2.60 bits per heavy atom. The Bertz CT molecular complexity index is 394. The fourth-order valence-corrected chi connectivity index (χ4v) is 1.87. The average molecular weight is 295 g/mol. The van der Waals surface area contributed by atoms with Crippen LogP contribution in [0, 0.1) is 11.8 Å². The minimum absolute atomic E-state index is 0.115. The Morgan fingerprint density at radius 2 is 2.05 bits per heavy atom. The van der Waals surface area contributed by atoms with Crippen LogP contribution in [0.1, 0.15) is 32.0 Å². The van der Waals surface area contributed by atoms with E-state index in [-0.39, 0.29) is 18.3 Å². The summed E-state index contributed by atoms with van der Waals surface area (Å²) < 4.78 is 45.1. The summed E-state index contributed by atoms with van der Waals surface area (Å²) in [4.78, 5) is 4.00. The molecule has 1 heterocycles. The molecule has 0 amide bonds. The quantitative estimate of drug-likeness (QED) is 0.796. The summed E-state index contributed by atoms with van der Waals surface area (Å²) in [7, 11) is 0. The fraction of sp³-hybridized carbons (Fsp3) is 0.833. The topological polar surface area (TPSA) is 74.2 Å². The zero-order valence-electron chi connectivity index (χ0n) is 11.6. The van der Waals surface area contributed by atoms with Crippen LogP contribution in [0.25, 0.3) is 0 Å². The van der Waals surface area contributed by atoms with E-state index in [1.807, 2.05) is 0 Å². The van der Waals surface area contributed by atoms with Gasteiger partial charge in [0.1, 0.15) is 13.2 Å². The fourth-order valence-electron chi connectivity index (χ4n) is 1.87. The molecule has 1 aromatic heterocycles. The molecule has 116 valence electrons. The highest BCUT2D eigenvalue weighted by atomic mass is 19.4. The first-order valence-electron chi connectivity index (χ1n) is 6.46. The highest BCUT2D eigenvalue weighted by Crippen LogP contribution is 2.17. The van der Waals surface area contributed by atoms with Gasteiger partial charge in [-0.05, 0) is 24.8 Å². The van der Waals surface area contributed by atoms with Crippen LogP contribution in [0.2, 0.25) is 0 Å². The zero-order valence-corrected chi connectivity index (χ0v) is 11.6. The summed E-state index contributed by atoms with van der Waals surface area (Å²) in [6.07, 6.45) is -2.89. The minimum atomic E-state index is -4.35. The molecule has 0 radical (unpaired) electrons. The predicted octanol–water partition coefficient (Wildman–Crippen LogP) is 2.31. The average Bonchev–Trinajstić information content (AvgIpc) is 2.73. The van der Waals surface area contributed by atoms with Gasteiger partial charge in [-0.1, -0.05) is 19.0 Å². The van der Waals surface area contributed by atoms with Crippen LogP contribution in [0.15, 0.2) is 4.52 Å². The van der Waals surface area contributed by atoms with E-state index in [9.17, 15) is 13.2 Å². The summed E-state index contributed by atoms with van der Waals surface area (Å²) in [5.41, 5.74) is 5.66. The molecule has 0 aliphatic carbocycles. The SMILES string of the molecule is CC(C)CC(CN)Cc1nc(COCC(F)(F)F)no1. The Labute approximate surface area is 115 Å². The molecule has 1 unspecified atom stereocenters. The molecule has 0 spiro atoms. The van der Waals surface area contributed by atoms with Crippen molar-refractivity contribution in [3.05, 3.63) is 11.7 Å². The molecule has 5 nitrogen and oxygen atoms in total. The molecule has 1 atom stereocenters. The number of hydrogen-bond acceptors (Lipinski definition) is 5. The standard InChI is InChI=1S/C12H20F3N3O2/c1-8(2)3-9(5-16)4-11-17-10(18-20-11)6-19-7-12(13,14)15/h8-9H,3-7,16H2,1-2H3. The second-order valence-corrected chi connectivity index (χ2v) is 5.15. The lowest BCUT2D eigenvalue weighted by molar-refractivity contribution is -0.177. The van der Waals surface area contributed by atoms with Crippen molar-refractivity contribution in [1.29, 1.82) is 0 Å². The molecular formula is C12H20F3N3O2. The normalized spacial score (nSPS) is 13.9. The summed E-state index contributed by atoms with van der Waals surface area (Å²) in [6, 6.07) is 0. The van der Waals surface area contributed by atoms with Crippen molar-refractivity contribution in [1.82, 2.24) is 10.1 Å². The maximum Gasteiger partial charge on any atom is 0.411 e. The van der Waals surface area contributed by atoms with Gasteiger partial charge < -0.3 is 15.0 Å². The molecule has 0 aromatic carbocycles. The number of ether oxygens (including phenoxy) is 1. The smallest absolute Gasteiger partial charge is 0.364 e. The van der Waals surface area contributed by atoms with E-state index in [0.29, 0.717) is 24.8 Å². The number of nitrogens with two attached hydrogens (primary N) is 1. The number of halogens is 3. The van der Waals surface area contributed by atoms with Crippen LogP contribution in [0.3, 0.4) is 0 Å². The van der Waals surface area contributed by atoms with Gasteiger partial charge in [-0.25, -0.2) is 0 Å². The molecule has 0 aliphatic rings. The van der Waals surface area contributed by atoms with Crippen molar-refractivity contribution in [2.75, 3.05) is 13.2 Å². The summed E-state index contributed by atoms with van der Waals surface area (Å²) in [6.45, 7) is 3.04. The number of nitrogens with zero attached hydrogens (tertiary/aromatic N) is 2. The lowest BCUT2D eigenvalue weighted by Crippen LogP contribution is -2.19. The van der Waals surface area contributed by atoms with Crippen molar-refractivity contribution in [3.8, 4) is 0 Å². The van der Waals surface area contributed by atoms with E-state index in [2.05, 4.69) is 28.7 Å². The van der Waals surface area contributed by atoms with E-state index in [4.69, 9.17) is 10.3 Å². The third kappa shape index (κ3) is 6.85. The molecule has 8 heteroatoms. The van der Waals surface area contributed by atoms with Crippen LogP contribution in [-0.4, -0.2) is 29.5 Å². The molecule has 0 saturated carbocycles. The zero-order chi connectivity index (χ0) is 15.2. The van der Waals surface area contributed by atoms with Crippen molar-refractivity contribution in [2.45, 2.75) is 39.5 Å². The third-order valence-corrected chi connectivity index (χ3v) is 2.61. The van der Waals surface area contributed by atoms with Gasteiger partial charge in [-0.3, -0.25) is 0 Å². The van der Waals surface area contributed by atoms with Crippen molar-refractivity contribution < 1.29 is 22.4 Å². The molecule has 20 heavy (non-hydrogen) atoms. The van der Waals surface area contributed by atoms with Crippen LogP contribution in [-0.2, 0) is 17.8 Å². The Hall–Kier alpha value is -1.15. The Kier molecular flexibility index (Phi) is 6.41. The van der Waals surface area contributed by atoms with Gasteiger partial charge in [-0.2, -0.15) is 18.2 Å². The minimum Gasteiger partial charge on any atom is -0.364 e. The monoisotopic (exact) mass is 295 g/mol. The van der Waals surface area contributed by atoms with Gasteiger partial charge in [0.25, 0.3) is 0 Å². The molecule has 0 saturated heterocycles. The summed E-state index contributed by atoms with van der Waals surface area (Å²) >= 11 is 0. The van der Waals surface area contributed by atoms with Crippen molar-refractivity contribution >= 4 is 0 Å². The van der Waals surface area contributed by atoms with Gasteiger partial charge in [-0.15, -0.1) is 0 Å². The Balaban J connectivity index is 2.42. The van der Waals surface area contributed by atoms with Crippen LogP contribution < -0.4 is 5.73 Å². The lowest BCUT2D eigenvalue weighted by Gasteiger charge is -2.14. The Morgan fingerprint density at radius 1 is 1.35 bits per heavy atom. The predicted molar refractivity (Wildman–Crippen MR) is 65.7 cm³/mol. The van der Waals surface area contributed by atoms with E-state index in [0.717, 1.165) is 6.42 Å². The van der Waals surface area contributed by atoms with E-state index < -0.39 is 12.8 Å². The number of hydrogen-bond donors (Lipinski definition) is 1. The largest absolute Gasteiger partial charge is 0.411 e. The maximum atomic E-state index is 11.9. The highest BCUT2D eigenvalue weighted by molar-refractivity contribution is 4.87. The highest BCUT2D eigenvalue weighted by Gasteiger charge is 2.27. The molecule has 0 aliphatic heterocycles. The first-order chi connectivity index (χ1) is 9.30. The van der Waals surface area contributed by atoms with Gasteiger partial charge >= 0.3 is 6.18 Å². The van der Waals surface area contributed by atoms with Gasteiger partial charge in [0.15, 0.2) is 5.82 Å². The second-order valence-electron chi connectivity index (χ2n) is 5.15. The maximum absolute atomic E-state index is 11.9. The molecular weight excluding hydrogens is 275 g/mol. The number of rotatable bonds is 8. The molecule has 1 rings (SSSR count). The van der Waals surface area contributed by atoms with Crippen LogP contribution in [0.5, 0.6) is 0 Å². The van der Waals surface area contributed by atoms with E-state index in [1.165, 1.54) is 0 Å². The van der Waals surface area contributed by atoms with Crippen LogP contribution in [0.4, 0.5) is 13.2 Å². The summed E-state index contributed by atoms with van der Waals surface area (Å²) in [5.74, 6) is 1.22. The third-order valence-electron chi connectivity index (χ3n) is 2.61. The lowest BCUT2D eigenvalue weighted by atomic mass is 9.94. The van der Waals surface area contributed by atoms with E-state index in [1.54, 1.807) is 0 Å².